The van der Waals surface area contributed by atoms with Crippen LogP contribution in [0.15, 0.2) is 48.5 Å². The summed E-state index contributed by atoms with van der Waals surface area (Å²) in [6, 6.07) is 12.4. The van der Waals surface area contributed by atoms with E-state index in [1.165, 1.54) is 30.7 Å². The fraction of sp³-hybridized carbons (Fsp3) is 0.300. The van der Waals surface area contributed by atoms with E-state index in [0.29, 0.717) is 11.3 Å². The van der Waals surface area contributed by atoms with E-state index < -0.39 is 5.97 Å². The van der Waals surface area contributed by atoms with Gasteiger partial charge < -0.3 is 14.6 Å². The molecule has 1 fully saturated rings. The van der Waals surface area contributed by atoms with Crippen LogP contribution in [0, 0.1) is 0 Å². The van der Waals surface area contributed by atoms with Crippen LogP contribution in [0.5, 0.6) is 11.5 Å². The minimum atomic E-state index is -0.657. The lowest BCUT2D eigenvalue weighted by Crippen LogP contribution is -2.20. The lowest BCUT2D eigenvalue weighted by atomic mass is 9.98. The molecule has 2 aromatic rings. The van der Waals surface area contributed by atoms with Crippen molar-refractivity contribution in [2.75, 3.05) is 0 Å². The first-order chi connectivity index (χ1) is 12.1. The lowest BCUT2D eigenvalue weighted by molar-refractivity contribution is 0.0211. The number of esters is 2. The van der Waals surface area contributed by atoms with Gasteiger partial charge in [-0.05, 0) is 62.1 Å². The molecule has 0 heterocycles. The summed E-state index contributed by atoms with van der Waals surface area (Å²) < 4.78 is 10.7. The summed E-state index contributed by atoms with van der Waals surface area (Å²) in [5.74, 6) is -0.858. The van der Waals surface area contributed by atoms with Crippen molar-refractivity contribution >= 4 is 11.9 Å². The molecule has 25 heavy (non-hydrogen) atoms. The Bertz CT molecular complexity index is 745. The third kappa shape index (κ3) is 4.38. The van der Waals surface area contributed by atoms with E-state index in [1.54, 1.807) is 24.3 Å². The van der Waals surface area contributed by atoms with Gasteiger partial charge in [-0.25, -0.2) is 9.59 Å². The van der Waals surface area contributed by atoms with Crippen LogP contribution >= 0.6 is 0 Å². The second-order valence-corrected chi connectivity index (χ2v) is 6.10. The third-order valence-electron chi connectivity index (χ3n) is 4.25. The monoisotopic (exact) mass is 340 g/mol. The lowest BCUT2D eigenvalue weighted by Gasteiger charge is -2.21. The van der Waals surface area contributed by atoms with Crippen molar-refractivity contribution in [1.29, 1.82) is 0 Å². The van der Waals surface area contributed by atoms with Crippen molar-refractivity contribution < 1.29 is 24.2 Å². The molecule has 5 nitrogen and oxygen atoms in total. The quantitative estimate of drug-likeness (QED) is 0.670. The zero-order valence-electron chi connectivity index (χ0n) is 13.8. The Morgan fingerprint density at radius 3 is 2.24 bits per heavy atom. The molecule has 0 radical (unpaired) electrons. The summed E-state index contributed by atoms with van der Waals surface area (Å²) in [7, 11) is 0. The second-order valence-electron chi connectivity index (χ2n) is 6.10. The van der Waals surface area contributed by atoms with Crippen LogP contribution in [0.3, 0.4) is 0 Å². The first kappa shape index (κ1) is 17.0. The first-order valence-corrected chi connectivity index (χ1v) is 8.45. The molecule has 0 aliphatic heterocycles. The van der Waals surface area contributed by atoms with Gasteiger partial charge in [-0.3, -0.25) is 0 Å². The number of para-hydroxylation sites is 1. The number of hydrogen-bond donors (Lipinski definition) is 1. The largest absolute Gasteiger partial charge is 0.507 e. The Balaban J connectivity index is 1.61. The Labute approximate surface area is 146 Å². The number of carbonyl (C=O) groups excluding carboxylic acids is 2. The van der Waals surface area contributed by atoms with Gasteiger partial charge in [-0.15, -0.1) is 0 Å². The molecule has 1 aliphatic rings. The van der Waals surface area contributed by atoms with E-state index in [1.807, 2.05) is 0 Å². The number of carbonyl (C=O) groups is 2. The van der Waals surface area contributed by atoms with Crippen molar-refractivity contribution in [3.8, 4) is 11.5 Å². The number of rotatable bonds is 4. The van der Waals surface area contributed by atoms with E-state index in [-0.39, 0.29) is 23.4 Å². The number of aromatic hydroxyl groups is 1. The normalized spacial score (nSPS) is 14.7. The van der Waals surface area contributed by atoms with Gasteiger partial charge in [0.05, 0.1) is 5.56 Å². The Morgan fingerprint density at radius 2 is 1.56 bits per heavy atom. The molecule has 0 unspecified atom stereocenters. The van der Waals surface area contributed by atoms with Crippen molar-refractivity contribution in [3.05, 3.63) is 59.7 Å². The number of ether oxygens (including phenoxy) is 2. The van der Waals surface area contributed by atoms with Crippen LogP contribution in [0.1, 0.15) is 52.8 Å². The molecule has 0 saturated heterocycles. The van der Waals surface area contributed by atoms with Crippen LogP contribution in [0.4, 0.5) is 0 Å². The highest BCUT2D eigenvalue weighted by molar-refractivity contribution is 5.94. The first-order valence-electron chi connectivity index (χ1n) is 8.45. The summed E-state index contributed by atoms with van der Waals surface area (Å²) in [4.78, 5) is 24.2. The predicted molar refractivity (Wildman–Crippen MR) is 91.8 cm³/mol. The maximum Gasteiger partial charge on any atom is 0.347 e. The molecule has 2 aromatic carbocycles. The van der Waals surface area contributed by atoms with Gasteiger partial charge in [0.15, 0.2) is 0 Å². The predicted octanol–water partition coefficient (Wildman–Crippen LogP) is 4.10. The molecule has 0 aromatic heterocycles. The zero-order valence-corrected chi connectivity index (χ0v) is 13.8. The number of phenols is 1. The van der Waals surface area contributed by atoms with Crippen LogP contribution < -0.4 is 4.74 Å². The fourth-order valence-corrected chi connectivity index (χ4v) is 2.87. The zero-order chi connectivity index (χ0) is 17.6. The topological polar surface area (TPSA) is 72.8 Å². The molecular weight excluding hydrogens is 320 g/mol. The summed E-state index contributed by atoms with van der Waals surface area (Å²) >= 11 is 0. The Hall–Kier alpha value is -2.82. The Kier molecular flexibility index (Phi) is 5.33. The summed E-state index contributed by atoms with van der Waals surface area (Å²) in [6.07, 6.45) is 5.23. The van der Waals surface area contributed by atoms with Gasteiger partial charge in [-0.1, -0.05) is 18.6 Å². The minimum Gasteiger partial charge on any atom is -0.507 e. The highest BCUT2D eigenvalue weighted by Gasteiger charge is 2.19. The van der Waals surface area contributed by atoms with Crippen LogP contribution in [-0.4, -0.2) is 23.1 Å². The van der Waals surface area contributed by atoms with Crippen molar-refractivity contribution in [2.24, 2.45) is 0 Å². The number of hydrogen-bond acceptors (Lipinski definition) is 5. The van der Waals surface area contributed by atoms with Crippen LogP contribution in [0.25, 0.3) is 0 Å². The van der Waals surface area contributed by atoms with Gasteiger partial charge >= 0.3 is 11.9 Å². The van der Waals surface area contributed by atoms with Gasteiger partial charge in [0, 0.05) is 0 Å². The fourth-order valence-electron chi connectivity index (χ4n) is 2.87. The van der Waals surface area contributed by atoms with Gasteiger partial charge in [0.2, 0.25) is 0 Å². The average Bonchev–Trinajstić information content (AvgIpc) is 2.63. The van der Waals surface area contributed by atoms with Crippen molar-refractivity contribution in [3.63, 3.8) is 0 Å². The molecule has 1 aliphatic carbocycles. The van der Waals surface area contributed by atoms with E-state index in [2.05, 4.69) is 0 Å². The van der Waals surface area contributed by atoms with E-state index in [0.717, 1.165) is 25.7 Å². The standard InChI is InChI=1S/C20H20O5/c21-18-9-5-4-8-17(18)20(23)25-16-12-10-14(11-13-16)19(22)24-15-6-2-1-3-7-15/h4-5,8-13,15,21H,1-3,6-7H2. The number of phenolic OH excluding ortho intramolecular Hbond substituents is 1. The van der Waals surface area contributed by atoms with E-state index in [4.69, 9.17) is 9.47 Å². The molecule has 0 atom stereocenters. The van der Waals surface area contributed by atoms with Crippen molar-refractivity contribution in [2.45, 2.75) is 38.2 Å². The maximum absolute atomic E-state index is 12.1. The Morgan fingerprint density at radius 1 is 0.880 bits per heavy atom. The average molecular weight is 340 g/mol. The summed E-state index contributed by atoms with van der Waals surface area (Å²) in [5, 5.41) is 9.67. The van der Waals surface area contributed by atoms with Crippen LogP contribution in [0.2, 0.25) is 0 Å². The molecule has 3 rings (SSSR count). The smallest absolute Gasteiger partial charge is 0.347 e. The van der Waals surface area contributed by atoms with Gasteiger partial charge in [0.25, 0.3) is 0 Å². The summed E-state index contributed by atoms with van der Waals surface area (Å²) in [6.45, 7) is 0. The molecule has 1 N–H and O–H groups in total. The SMILES string of the molecule is O=C(OC1CCCCC1)c1ccc(OC(=O)c2ccccc2O)cc1. The molecule has 130 valence electrons. The van der Waals surface area contributed by atoms with Crippen LogP contribution in [-0.2, 0) is 4.74 Å². The van der Waals surface area contributed by atoms with Gasteiger partial charge in [0.1, 0.15) is 23.2 Å². The highest BCUT2D eigenvalue weighted by atomic mass is 16.5. The molecule has 0 bridgehead atoms. The van der Waals surface area contributed by atoms with E-state index >= 15 is 0 Å². The van der Waals surface area contributed by atoms with E-state index in [9.17, 15) is 14.7 Å². The molecule has 0 amide bonds. The highest BCUT2D eigenvalue weighted by Crippen LogP contribution is 2.23. The minimum absolute atomic E-state index is 0.000176. The molecule has 0 spiro atoms. The maximum atomic E-state index is 12.1. The summed E-state index contributed by atoms with van der Waals surface area (Å²) in [5.41, 5.74) is 0.510. The molecule has 1 saturated carbocycles. The molecule has 5 heteroatoms. The second kappa shape index (κ2) is 7.83. The number of benzene rings is 2. The molecular formula is C20H20O5. The third-order valence-corrected chi connectivity index (χ3v) is 4.25. The van der Waals surface area contributed by atoms with Gasteiger partial charge in [-0.2, -0.15) is 0 Å². The van der Waals surface area contributed by atoms with Crippen molar-refractivity contribution in [1.82, 2.24) is 0 Å².